The molecule has 0 bridgehead atoms. The summed E-state index contributed by atoms with van der Waals surface area (Å²) in [6, 6.07) is 8.75. The molecule has 0 atom stereocenters. The van der Waals surface area contributed by atoms with Gasteiger partial charge in [-0.05, 0) is 35.7 Å². The van der Waals surface area contributed by atoms with Crippen LogP contribution in [0.3, 0.4) is 0 Å². The topological polar surface area (TPSA) is 65.2 Å². The first kappa shape index (κ1) is 12.6. The molecule has 20 heavy (non-hydrogen) atoms. The third kappa shape index (κ3) is 2.75. The number of rotatable bonds is 5. The number of ether oxygens (including phenoxy) is 1. The summed E-state index contributed by atoms with van der Waals surface area (Å²) in [4.78, 5) is 14.8. The largest absolute Gasteiger partial charge is 0.484 e. The fourth-order valence-corrected chi connectivity index (χ4v) is 2.24. The van der Waals surface area contributed by atoms with Crippen LogP contribution in [0.15, 0.2) is 45.6 Å². The minimum absolute atomic E-state index is 0.192. The van der Waals surface area contributed by atoms with Crippen LogP contribution in [-0.2, 0) is 6.61 Å². The number of carbonyl (C=O) groups is 1. The van der Waals surface area contributed by atoms with Crippen LogP contribution in [0.25, 0.3) is 11.4 Å². The number of aldehydes is 1. The predicted molar refractivity (Wildman–Crippen MR) is 73.8 cm³/mol. The van der Waals surface area contributed by atoms with Gasteiger partial charge in [-0.1, -0.05) is 5.16 Å². The lowest BCUT2D eigenvalue weighted by Crippen LogP contribution is -1.95. The maximum atomic E-state index is 10.5. The Morgan fingerprint density at radius 2 is 2.10 bits per heavy atom. The van der Waals surface area contributed by atoms with Crippen molar-refractivity contribution in [1.82, 2.24) is 10.1 Å². The first-order chi connectivity index (χ1) is 9.85. The molecule has 0 aliphatic rings. The molecule has 0 aliphatic heterocycles. The normalized spacial score (nSPS) is 10.4. The molecule has 0 N–H and O–H groups in total. The molecule has 6 heteroatoms. The van der Waals surface area contributed by atoms with Crippen molar-refractivity contribution in [1.29, 1.82) is 0 Å². The molecule has 0 radical (unpaired) electrons. The predicted octanol–water partition coefficient (Wildman–Crippen LogP) is 3.19. The van der Waals surface area contributed by atoms with E-state index < -0.39 is 0 Å². The SMILES string of the molecule is O=Cc1ccc(OCc2nc(-c3ccsc3)no2)cc1. The van der Waals surface area contributed by atoms with Crippen LogP contribution in [-0.4, -0.2) is 16.4 Å². The van der Waals surface area contributed by atoms with Gasteiger partial charge in [0.05, 0.1) is 0 Å². The van der Waals surface area contributed by atoms with E-state index in [1.54, 1.807) is 35.6 Å². The van der Waals surface area contributed by atoms with Crippen molar-refractivity contribution < 1.29 is 14.1 Å². The highest BCUT2D eigenvalue weighted by Gasteiger charge is 2.09. The van der Waals surface area contributed by atoms with E-state index in [2.05, 4.69) is 10.1 Å². The van der Waals surface area contributed by atoms with Gasteiger partial charge in [-0.25, -0.2) is 0 Å². The van der Waals surface area contributed by atoms with Crippen LogP contribution < -0.4 is 4.74 Å². The molecule has 0 saturated carbocycles. The Bertz CT molecular complexity index is 690. The van der Waals surface area contributed by atoms with Crippen molar-refractivity contribution in [2.75, 3.05) is 0 Å². The summed E-state index contributed by atoms with van der Waals surface area (Å²) >= 11 is 1.58. The van der Waals surface area contributed by atoms with Gasteiger partial charge in [0.15, 0.2) is 6.61 Å². The van der Waals surface area contributed by atoms with Gasteiger partial charge in [-0.15, -0.1) is 0 Å². The Hall–Kier alpha value is -2.47. The van der Waals surface area contributed by atoms with Crippen molar-refractivity contribution in [3.05, 3.63) is 52.5 Å². The Kier molecular flexibility index (Phi) is 3.56. The average Bonchev–Trinajstić information content (AvgIpc) is 3.16. The van der Waals surface area contributed by atoms with E-state index in [0.29, 0.717) is 23.0 Å². The van der Waals surface area contributed by atoms with Crippen molar-refractivity contribution in [2.45, 2.75) is 6.61 Å². The molecule has 5 nitrogen and oxygen atoms in total. The lowest BCUT2D eigenvalue weighted by atomic mass is 10.2. The Morgan fingerprint density at radius 3 is 2.80 bits per heavy atom. The summed E-state index contributed by atoms with van der Waals surface area (Å²) in [7, 11) is 0. The molecule has 1 aromatic carbocycles. The number of benzene rings is 1. The van der Waals surface area contributed by atoms with Gasteiger partial charge in [0, 0.05) is 16.5 Å². The lowest BCUT2D eigenvalue weighted by molar-refractivity contribution is 0.112. The highest BCUT2D eigenvalue weighted by Crippen LogP contribution is 2.19. The zero-order valence-corrected chi connectivity index (χ0v) is 11.2. The second-order valence-corrected chi connectivity index (χ2v) is 4.78. The van der Waals surface area contributed by atoms with Crippen molar-refractivity contribution in [3.63, 3.8) is 0 Å². The smallest absolute Gasteiger partial charge is 0.264 e. The van der Waals surface area contributed by atoms with Gasteiger partial charge < -0.3 is 9.26 Å². The fraction of sp³-hybridized carbons (Fsp3) is 0.0714. The Labute approximate surface area is 118 Å². The van der Waals surface area contributed by atoms with Crippen LogP contribution in [0.5, 0.6) is 5.75 Å². The van der Waals surface area contributed by atoms with Gasteiger partial charge in [-0.3, -0.25) is 4.79 Å². The third-order valence-electron chi connectivity index (χ3n) is 2.63. The number of carbonyl (C=O) groups excluding carboxylic acids is 1. The Morgan fingerprint density at radius 1 is 1.25 bits per heavy atom. The fourth-order valence-electron chi connectivity index (χ4n) is 1.61. The molecular formula is C14H10N2O3S. The summed E-state index contributed by atoms with van der Waals surface area (Å²) in [5.74, 6) is 1.61. The molecule has 0 aliphatic carbocycles. The van der Waals surface area contributed by atoms with E-state index in [1.165, 1.54) is 0 Å². The minimum atomic E-state index is 0.192. The molecule has 0 unspecified atom stereocenters. The lowest BCUT2D eigenvalue weighted by Gasteiger charge is -2.02. The van der Waals surface area contributed by atoms with Crippen LogP contribution in [0.4, 0.5) is 0 Å². The highest BCUT2D eigenvalue weighted by atomic mass is 32.1. The van der Waals surface area contributed by atoms with Gasteiger partial charge in [-0.2, -0.15) is 16.3 Å². The van der Waals surface area contributed by atoms with E-state index in [9.17, 15) is 4.79 Å². The van der Waals surface area contributed by atoms with Crippen molar-refractivity contribution in [2.24, 2.45) is 0 Å². The van der Waals surface area contributed by atoms with Gasteiger partial charge >= 0.3 is 0 Å². The van der Waals surface area contributed by atoms with E-state index in [1.807, 2.05) is 16.8 Å². The molecule has 3 rings (SSSR count). The first-order valence-corrected chi connectivity index (χ1v) is 6.82. The molecule has 2 aromatic heterocycles. The number of thiophene rings is 1. The van der Waals surface area contributed by atoms with Crippen LogP contribution >= 0.6 is 11.3 Å². The maximum Gasteiger partial charge on any atom is 0.264 e. The van der Waals surface area contributed by atoms with Crippen LogP contribution in [0.1, 0.15) is 16.2 Å². The number of nitrogens with zero attached hydrogens (tertiary/aromatic N) is 2. The second kappa shape index (κ2) is 5.66. The monoisotopic (exact) mass is 286 g/mol. The number of hydrogen-bond acceptors (Lipinski definition) is 6. The minimum Gasteiger partial charge on any atom is -0.484 e. The summed E-state index contributed by atoms with van der Waals surface area (Å²) in [6.07, 6.45) is 0.787. The van der Waals surface area contributed by atoms with Gasteiger partial charge in [0.25, 0.3) is 5.89 Å². The summed E-state index contributed by atoms with van der Waals surface area (Å²) < 4.78 is 10.6. The number of hydrogen-bond donors (Lipinski definition) is 0. The van der Waals surface area contributed by atoms with E-state index in [0.717, 1.165) is 11.8 Å². The number of aromatic nitrogens is 2. The first-order valence-electron chi connectivity index (χ1n) is 5.88. The molecule has 100 valence electrons. The molecule has 0 spiro atoms. The average molecular weight is 286 g/mol. The van der Waals surface area contributed by atoms with Crippen LogP contribution in [0, 0.1) is 0 Å². The van der Waals surface area contributed by atoms with Gasteiger partial charge in [0.1, 0.15) is 12.0 Å². The molecule has 0 fully saturated rings. The highest BCUT2D eigenvalue weighted by molar-refractivity contribution is 7.08. The van der Waals surface area contributed by atoms with Crippen molar-refractivity contribution in [3.8, 4) is 17.1 Å². The summed E-state index contributed by atoms with van der Waals surface area (Å²) in [6.45, 7) is 0.192. The van der Waals surface area contributed by atoms with Crippen LogP contribution in [0.2, 0.25) is 0 Å². The maximum absolute atomic E-state index is 10.5. The third-order valence-corrected chi connectivity index (χ3v) is 3.31. The van der Waals surface area contributed by atoms with Gasteiger partial charge in [0.2, 0.25) is 5.82 Å². The molecule has 2 heterocycles. The molecule has 0 amide bonds. The zero-order valence-electron chi connectivity index (χ0n) is 10.4. The van der Waals surface area contributed by atoms with E-state index in [4.69, 9.17) is 9.26 Å². The quantitative estimate of drug-likeness (QED) is 0.674. The molecular weight excluding hydrogens is 276 g/mol. The van der Waals surface area contributed by atoms with E-state index in [-0.39, 0.29) is 6.61 Å². The molecule has 0 saturated heterocycles. The Balaban J connectivity index is 1.64. The zero-order chi connectivity index (χ0) is 13.8. The summed E-state index contributed by atoms with van der Waals surface area (Å²) in [5.41, 5.74) is 1.54. The second-order valence-electron chi connectivity index (χ2n) is 4.00. The van der Waals surface area contributed by atoms with E-state index >= 15 is 0 Å². The standard InChI is InChI=1S/C14H10N2O3S/c17-7-10-1-3-12(4-2-10)18-8-13-15-14(16-19-13)11-5-6-20-9-11/h1-7,9H,8H2. The molecule has 3 aromatic rings. The summed E-state index contributed by atoms with van der Waals surface area (Å²) in [5, 5.41) is 7.80. The van der Waals surface area contributed by atoms with Crippen molar-refractivity contribution >= 4 is 17.6 Å².